The van der Waals surface area contributed by atoms with E-state index in [1.807, 2.05) is 27.7 Å². The van der Waals surface area contributed by atoms with Crippen molar-refractivity contribution in [2.24, 2.45) is 0 Å². The summed E-state index contributed by atoms with van der Waals surface area (Å²) in [6.45, 7) is 7.84. The molecule has 8 heteroatoms. The Morgan fingerprint density at radius 2 is 2.08 bits per heavy atom. The van der Waals surface area contributed by atoms with Gasteiger partial charge in [-0.2, -0.15) is 4.98 Å². The summed E-state index contributed by atoms with van der Waals surface area (Å²) in [6, 6.07) is 0.291. The second kappa shape index (κ2) is 8.22. The number of hydrogen-bond donors (Lipinski definition) is 4. The highest BCUT2D eigenvalue weighted by Crippen LogP contribution is 2.22. The van der Waals surface area contributed by atoms with Gasteiger partial charge < -0.3 is 26.4 Å². The molecule has 0 bridgehead atoms. The summed E-state index contributed by atoms with van der Waals surface area (Å²) < 4.78 is 5.24. The van der Waals surface area contributed by atoms with E-state index in [1.165, 1.54) is 12.8 Å². The Labute approximate surface area is 149 Å². The van der Waals surface area contributed by atoms with Gasteiger partial charge in [0.05, 0.1) is 11.9 Å². The third kappa shape index (κ3) is 6.64. The number of nitrogens with two attached hydrogens (primary N) is 1. The van der Waals surface area contributed by atoms with Gasteiger partial charge in [-0.25, -0.2) is 9.78 Å². The van der Waals surface area contributed by atoms with Crippen molar-refractivity contribution in [2.75, 3.05) is 22.9 Å². The van der Waals surface area contributed by atoms with Crippen molar-refractivity contribution in [3.05, 3.63) is 6.20 Å². The number of nitrogen functional groups attached to an aromatic ring is 1. The highest BCUT2D eigenvalue weighted by molar-refractivity contribution is 5.68. The molecule has 8 nitrogen and oxygen atoms in total. The van der Waals surface area contributed by atoms with Gasteiger partial charge in [0.25, 0.3) is 0 Å². The molecule has 25 heavy (non-hydrogen) atoms. The zero-order valence-corrected chi connectivity index (χ0v) is 15.6. The largest absolute Gasteiger partial charge is 0.444 e. The highest BCUT2D eigenvalue weighted by atomic mass is 16.6. The van der Waals surface area contributed by atoms with Crippen LogP contribution in [0.1, 0.15) is 53.4 Å². The highest BCUT2D eigenvalue weighted by Gasteiger charge is 2.18. The van der Waals surface area contributed by atoms with Crippen LogP contribution in [0.2, 0.25) is 0 Å². The molecule has 0 spiro atoms. The SMILES string of the molecule is CC(CNc1nc(NC2CCCC2)ncc1N)NC(=O)OC(C)(C)C. The van der Waals surface area contributed by atoms with Crippen molar-refractivity contribution in [3.63, 3.8) is 0 Å². The fourth-order valence-corrected chi connectivity index (χ4v) is 2.66. The van der Waals surface area contributed by atoms with Crippen LogP contribution in [0.25, 0.3) is 0 Å². The zero-order chi connectivity index (χ0) is 18.4. The number of ether oxygens (including phenoxy) is 1. The molecule has 0 aliphatic heterocycles. The average Bonchev–Trinajstić information content (AvgIpc) is 2.98. The molecule has 1 unspecified atom stereocenters. The van der Waals surface area contributed by atoms with Crippen LogP contribution < -0.4 is 21.7 Å². The van der Waals surface area contributed by atoms with Crippen molar-refractivity contribution in [1.82, 2.24) is 15.3 Å². The van der Waals surface area contributed by atoms with Gasteiger partial charge in [0.1, 0.15) is 5.60 Å². The van der Waals surface area contributed by atoms with Gasteiger partial charge in [-0.05, 0) is 40.5 Å². The van der Waals surface area contributed by atoms with E-state index in [4.69, 9.17) is 10.5 Å². The lowest BCUT2D eigenvalue weighted by atomic mass is 10.2. The van der Waals surface area contributed by atoms with E-state index in [-0.39, 0.29) is 6.04 Å². The molecule has 0 aromatic carbocycles. The maximum Gasteiger partial charge on any atom is 0.407 e. The Bertz CT molecular complexity index is 581. The maximum atomic E-state index is 11.8. The van der Waals surface area contributed by atoms with Gasteiger partial charge in [0.2, 0.25) is 5.95 Å². The van der Waals surface area contributed by atoms with Gasteiger partial charge in [-0.1, -0.05) is 12.8 Å². The Kier molecular flexibility index (Phi) is 6.27. The third-order valence-corrected chi connectivity index (χ3v) is 3.84. The van der Waals surface area contributed by atoms with E-state index in [0.29, 0.717) is 30.0 Å². The molecule has 1 aromatic rings. The normalized spacial score (nSPS) is 16.3. The maximum absolute atomic E-state index is 11.8. The quantitative estimate of drug-likeness (QED) is 0.623. The smallest absolute Gasteiger partial charge is 0.407 e. The predicted molar refractivity (Wildman–Crippen MR) is 99.6 cm³/mol. The van der Waals surface area contributed by atoms with E-state index in [9.17, 15) is 4.79 Å². The van der Waals surface area contributed by atoms with Crippen LogP contribution in [-0.2, 0) is 4.74 Å². The molecule has 1 amide bonds. The van der Waals surface area contributed by atoms with E-state index < -0.39 is 11.7 Å². The zero-order valence-electron chi connectivity index (χ0n) is 15.6. The van der Waals surface area contributed by atoms with Crippen LogP contribution in [0.3, 0.4) is 0 Å². The number of nitrogens with one attached hydrogen (secondary N) is 3. The number of amides is 1. The minimum atomic E-state index is -0.519. The van der Waals surface area contributed by atoms with Crippen molar-refractivity contribution < 1.29 is 9.53 Å². The molecule has 2 rings (SSSR count). The standard InChI is InChI=1S/C17H30N6O2/c1-11(21-16(24)25-17(2,3)4)9-19-14-13(18)10-20-15(23-14)22-12-7-5-6-8-12/h10-12H,5-9,18H2,1-4H3,(H,21,24)(H2,19,20,22,23). The summed E-state index contributed by atoms with van der Waals surface area (Å²) in [5, 5.41) is 9.28. The fourth-order valence-electron chi connectivity index (χ4n) is 2.66. The first-order chi connectivity index (χ1) is 11.7. The van der Waals surface area contributed by atoms with Gasteiger partial charge in [0, 0.05) is 18.6 Å². The minimum Gasteiger partial charge on any atom is -0.444 e. The molecule has 1 heterocycles. The molecular formula is C17H30N6O2. The number of hydrogen-bond acceptors (Lipinski definition) is 7. The molecular weight excluding hydrogens is 320 g/mol. The lowest BCUT2D eigenvalue weighted by Gasteiger charge is -2.22. The first-order valence-electron chi connectivity index (χ1n) is 8.85. The summed E-state index contributed by atoms with van der Waals surface area (Å²) in [4.78, 5) is 20.5. The fraction of sp³-hybridized carbons (Fsp3) is 0.706. The number of carbonyl (C=O) groups is 1. The number of nitrogens with zero attached hydrogens (tertiary/aromatic N) is 2. The summed E-state index contributed by atoms with van der Waals surface area (Å²) >= 11 is 0. The Morgan fingerprint density at radius 3 is 2.72 bits per heavy atom. The number of alkyl carbamates (subject to hydrolysis) is 1. The molecule has 1 fully saturated rings. The molecule has 0 radical (unpaired) electrons. The monoisotopic (exact) mass is 350 g/mol. The van der Waals surface area contributed by atoms with Crippen molar-refractivity contribution >= 4 is 23.5 Å². The third-order valence-electron chi connectivity index (χ3n) is 3.84. The predicted octanol–water partition coefficient (Wildman–Crippen LogP) is 2.74. The summed E-state index contributed by atoms with van der Waals surface area (Å²) in [7, 11) is 0. The first-order valence-corrected chi connectivity index (χ1v) is 8.85. The first kappa shape index (κ1) is 19.1. The molecule has 1 aromatic heterocycles. The van der Waals surface area contributed by atoms with E-state index in [0.717, 1.165) is 12.8 Å². The average molecular weight is 350 g/mol. The Morgan fingerprint density at radius 1 is 1.40 bits per heavy atom. The number of anilines is 3. The molecule has 0 saturated heterocycles. The second-order valence-corrected chi connectivity index (χ2v) is 7.55. The van der Waals surface area contributed by atoms with Crippen molar-refractivity contribution in [2.45, 2.75) is 71.1 Å². The molecule has 1 aliphatic carbocycles. The minimum absolute atomic E-state index is 0.143. The van der Waals surface area contributed by atoms with Crippen LogP contribution >= 0.6 is 0 Å². The second-order valence-electron chi connectivity index (χ2n) is 7.55. The summed E-state index contributed by atoms with van der Waals surface area (Å²) in [5.74, 6) is 1.14. The molecule has 140 valence electrons. The molecule has 1 atom stereocenters. The Balaban J connectivity index is 1.85. The molecule has 1 saturated carbocycles. The van der Waals surface area contributed by atoms with Crippen LogP contribution in [0.15, 0.2) is 6.20 Å². The van der Waals surface area contributed by atoms with E-state index in [2.05, 4.69) is 25.9 Å². The molecule has 5 N–H and O–H groups in total. The van der Waals surface area contributed by atoms with E-state index >= 15 is 0 Å². The van der Waals surface area contributed by atoms with Crippen molar-refractivity contribution in [1.29, 1.82) is 0 Å². The number of aromatic nitrogens is 2. The van der Waals surface area contributed by atoms with Crippen LogP contribution in [0.4, 0.5) is 22.2 Å². The molecule has 1 aliphatic rings. The van der Waals surface area contributed by atoms with Gasteiger partial charge in [-0.15, -0.1) is 0 Å². The van der Waals surface area contributed by atoms with E-state index in [1.54, 1.807) is 6.20 Å². The number of rotatable bonds is 6. The summed E-state index contributed by atoms with van der Waals surface area (Å²) in [6.07, 6.45) is 5.93. The van der Waals surface area contributed by atoms with Crippen LogP contribution in [-0.4, -0.2) is 40.3 Å². The van der Waals surface area contributed by atoms with Crippen LogP contribution in [0.5, 0.6) is 0 Å². The van der Waals surface area contributed by atoms with Gasteiger partial charge in [-0.3, -0.25) is 0 Å². The van der Waals surface area contributed by atoms with Gasteiger partial charge in [0.15, 0.2) is 5.82 Å². The van der Waals surface area contributed by atoms with Gasteiger partial charge >= 0.3 is 6.09 Å². The summed E-state index contributed by atoms with van der Waals surface area (Å²) in [5.41, 5.74) is 5.90. The lowest BCUT2D eigenvalue weighted by Crippen LogP contribution is -2.41. The lowest BCUT2D eigenvalue weighted by molar-refractivity contribution is 0.0511. The van der Waals surface area contributed by atoms with Crippen LogP contribution in [0, 0.1) is 0 Å². The van der Waals surface area contributed by atoms with Crippen molar-refractivity contribution in [3.8, 4) is 0 Å². The number of carbonyl (C=O) groups excluding carboxylic acids is 1. The topological polar surface area (TPSA) is 114 Å². The Hall–Kier alpha value is -2.25.